The number of nitrogens with zero attached hydrogens (tertiary/aromatic N) is 2. The highest BCUT2D eigenvalue weighted by Crippen LogP contribution is 2.04. The fraction of sp³-hybridized carbons (Fsp3) is 0.857. The van der Waals surface area contributed by atoms with E-state index in [-0.39, 0.29) is 12.6 Å². The molecule has 0 amide bonds. The number of aliphatic carboxylic acids is 1. The van der Waals surface area contributed by atoms with E-state index in [0.717, 1.165) is 0 Å². The Kier molecular flexibility index (Phi) is 11.1. The van der Waals surface area contributed by atoms with Gasteiger partial charge in [0, 0.05) is 0 Å². The average Bonchev–Trinajstić information content (AvgIpc) is 2.22. The molecular weight excluding hydrogens is 234 g/mol. The van der Waals surface area contributed by atoms with Gasteiger partial charge in [0.05, 0.1) is 0 Å². The molecule has 0 aliphatic heterocycles. The van der Waals surface area contributed by atoms with E-state index in [0.29, 0.717) is 13.0 Å². The summed E-state index contributed by atoms with van der Waals surface area (Å²) in [5, 5.41) is 28.2. The SMILES string of the molecule is C[C@H](CCNCN=N)[C@H](N)C(=O)O.O=[N+]([O-])O. The lowest BCUT2D eigenvalue weighted by Gasteiger charge is -2.15. The number of carbonyl (C=O) groups is 1. The van der Waals surface area contributed by atoms with E-state index in [2.05, 4.69) is 10.4 Å². The highest BCUT2D eigenvalue weighted by atomic mass is 16.9. The Balaban J connectivity index is 0. The van der Waals surface area contributed by atoms with E-state index >= 15 is 0 Å². The summed E-state index contributed by atoms with van der Waals surface area (Å²) in [6.07, 6.45) is 0.670. The molecule has 0 aliphatic carbocycles. The van der Waals surface area contributed by atoms with Gasteiger partial charge in [-0.1, -0.05) is 6.92 Å². The maximum Gasteiger partial charge on any atom is 0.320 e. The Morgan fingerprint density at radius 2 is 2.18 bits per heavy atom. The minimum absolute atomic E-state index is 0.0734. The van der Waals surface area contributed by atoms with Crippen molar-refractivity contribution < 1.29 is 20.2 Å². The van der Waals surface area contributed by atoms with Crippen LogP contribution in [0.4, 0.5) is 0 Å². The Labute approximate surface area is 97.4 Å². The molecule has 17 heavy (non-hydrogen) atoms. The first-order chi connectivity index (χ1) is 7.82. The third-order valence-electron chi connectivity index (χ3n) is 1.87. The van der Waals surface area contributed by atoms with Crippen molar-refractivity contribution in [2.24, 2.45) is 16.8 Å². The predicted molar refractivity (Wildman–Crippen MR) is 56.2 cm³/mol. The van der Waals surface area contributed by atoms with Crippen molar-refractivity contribution >= 4 is 5.97 Å². The third kappa shape index (κ3) is 14.2. The molecule has 100 valence electrons. The van der Waals surface area contributed by atoms with Crippen LogP contribution in [0.5, 0.6) is 0 Å². The van der Waals surface area contributed by atoms with Gasteiger partial charge < -0.3 is 16.0 Å². The van der Waals surface area contributed by atoms with Crippen molar-refractivity contribution in [1.82, 2.24) is 5.32 Å². The normalized spacial score (nSPS) is 12.8. The first kappa shape index (κ1) is 17.6. The van der Waals surface area contributed by atoms with Crippen molar-refractivity contribution in [2.75, 3.05) is 13.2 Å². The zero-order valence-corrected chi connectivity index (χ0v) is 9.37. The minimum atomic E-state index is -1.50. The Hall–Kier alpha value is -1.81. The lowest BCUT2D eigenvalue weighted by molar-refractivity contribution is -0.742. The summed E-state index contributed by atoms with van der Waals surface area (Å²) in [7, 11) is 0. The Morgan fingerprint density at radius 1 is 1.71 bits per heavy atom. The van der Waals surface area contributed by atoms with E-state index in [1.165, 1.54) is 0 Å². The van der Waals surface area contributed by atoms with Crippen molar-refractivity contribution in [2.45, 2.75) is 19.4 Å². The molecule has 10 heteroatoms. The number of hydrogen-bond donors (Lipinski definition) is 5. The topological polar surface area (TPSA) is 175 Å². The summed E-state index contributed by atoms with van der Waals surface area (Å²) < 4.78 is 0. The molecule has 0 aliphatic rings. The molecule has 0 aromatic carbocycles. The summed E-state index contributed by atoms with van der Waals surface area (Å²) in [5.74, 6) is -1.05. The fourth-order valence-corrected chi connectivity index (χ4v) is 0.888. The maximum atomic E-state index is 10.4. The molecule has 0 unspecified atom stereocenters. The maximum absolute atomic E-state index is 10.4. The number of nitrogens with one attached hydrogen (secondary N) is 2. The van der Waals surface area contributed by atoms with Gasteiger partial charge in [-0.3, -0.25) is 10.1 Å². The van der Waals surface area contributed by atoms with Crippen LogP contribution in [-0.4, -0.2) is 40.6 Å². The second-order valence-electron chi connectivity index (χ2n) is 3.18. The number of carboxylic acids is 1. The molecular formula is C7H17N5O5. The van der Waals surface area contributed by atoms with Crippen LogP contribution >= 0.6 is 0 Å². The van der Waals surface area contributed by atoms with Crippen LogP contribution in [-0.2, 0) is 4.79 Å². The van der Waals surface area contributed by atoms with Crippen molar-refractivity contribution in [1.29, 1.82) is 5.53 Å². The summed E-state index contributed by atoms with van der Waals surface area (Å²) in [4.78, 5) is 18.8. The van der Waals surface area contributed by atoms with Gasteiger partial charge in [-0.05, 0) is 18.9 Å². The van der Waals surface area contributed by atoms with Gasteiger partial charge in [0.15, 0.2) is 0 Å². The van der Waals surface area contributed by atoms with E-state index in [1.807, 2.05) is 0 Å². The molecule has 0 bridgehead atoms. The van der Waals surface area contributed by atoms with Gasteiger partial charge in [-0.2, -0.15) is 5.11 Å². The monoisotopic (exact) mass is 251 g/mol. The quantitative estimate of drug-likeness (QED) is 0.178. The van der Waals surface area contributed by atoms with E-state index < -0.39 is 17.1 Å². The molecule has 0 heterocycles. The second kappa shape index (κ2) is 10.7. The number of carboxylic acid groups (broad SMARTS) is 1. The molecule has 10 nitrogen and oxygen atoms in total. The molecule has 0 saturated heterocycles. The van der Waals surface area contributed by atoms with Gasteiger partial charge in [0.2, 0.25) is 0 Å². The van der Waals surface area contributed by atoms with Crippen molar-refractivity contribution in [3.05, 3.63) is 10.1 Å². The fourth-order valence-electron chi connectivity index (χ4n) is 0.888. The lowest BCUT2D eigenvalue weighted by Crippen LogP contribution is -2.37. The van der Waals surface area contributed by atoms with Crippen LogP contribution in [0.3, 0.4) is 0 Å². The molecule has 0 saturated carbocycles. The summed E-state index contributed by atoms with van der Waals surface area (Å²) in [6, 6.07) is -0.810. The van der Waals surface area contributed by atoms with Gasteiger partial charge in [0.1, 0.15) is 12.7 Å². The Bertz CT molecular complexity index is 245. The van der Waals surface area contributed by atoms with E-state index in [1.54, 1.807) is 6.92 Å². The van der Waals surface area contributed by atoms with Crippen LogP contribution < -0.4 is 11.1 Å². The zero-order valence-electron chi connectivity index (χ0n) is 9.37. The molecule has 0 radical (unpaired) electrons. The number of hydrogen-bond acceptors (Lipinski definition) is 7. The molecule has 0 aromatic heterocycles. The molecule has 6 N–H and O–H groups in total. The van der Waals surface area contributed by atoms with Crippen LogP contribution in [0.25, 0.3) is 0 Å². The van der Waals surface area contributed by atoms with Gasteiger partial charge >= 0.3 is 5.97 Å². The Morgan fingerprint density at radius 3 is 2.53 bits per heavy atom. The van der Waals surface area contributed by atoms with Gasteiger partial charge in [-0.15, -0.1) is 10.1 Å². The molecule has 0 fully saturated rings. The van der Waals surface area contributed by atoms with Crippen LogP contribution in [0.1, 0.15) is 13.3 Å². The summed E-state index contributed by atoms with van der Waals surface area (Å²) in [5.41, 5.74) is 11.9. The molecule has 0 aromatic rings. The standard InChI is InChI=1S/C7H16N4O2.HNO3/c1-5(6(8)7(12)13)2-3-10-4-11-9;2-1(3)4/h5-6,9-10H,2-4,8H2,1H3,(H,12,13);(H,2,3,4)/t5-,6+;/m1./s1. The largest absolute Gasteiger partial charge is 0.480 e. The second-order valence-corrected chi connectivity index (χ2v) is 3.18. The number of rotatable bonds is 7. The smallest absolute Gasteiger partial charge is 0.320 e. The van der Waals surface area contributed by atoms with E-state index in [9.17, 15) is 4.79 Å². The summed E-state index contributed by atoms with van der Waals surface area (Å²) in [6.45, 7) is 2.69. The predicted octanol–water partition coefficient (Wildman–Crippen LogP) is -0.345. The van der Waals surface area contributed by atoms with Gasteiger partial charge in [0.25, 0.3) is 5.09 Å². The highest BCUT2D eigenvalue weighted by molar-refractivity contribution is 5.73. The molecule has 2 atom stereocenters. The minimum Gasteiger partial charge on any atom is -0.480 e. The highest BCUT2D eigenvalue weighted by Gasteiger charge is 2.18. The molecule has 0 spiro atoms. The van der Waals surface area contributed by atoms with Crippen LogP contribution in [0.2, 0.25) is 0 Å². The van der Waals surface area contributed by atoms with Crippen LogP contribution in [0, 0.1) is 21.6 Å². The van der Waals surface area contributed by atoms with Crippen molar-refractivity contribution in [3.63, 3.8) is 0 Å². The van der Waals surface area contributed by atoms with E-state index in [4.69, 9.17) is 31.7 Å². The molecule has 0 rings (SSSR count). The van der Waals surface area contributed by atoms with Gasteiger partial charge in [-0.25, -0.2) is 5.53 Å². The third-order valence-corrected chi connectivity index (χ3v) is 1.87. The zero-order chi connectivity index (χ0) is 13.8. The average molecular weight is 251 g/mol. The lowest BCUT2D eigenvalue weighted by atomic mass is 9.99. The summed E-state index contributed by atoms with van der Waals surface area (Å²) >= 11 is 0. The first-order valence-corrected chi connectivity index (χ1v) is 4.68. The number of nitrogens with two attached hydrogens (primary N) is 1. The van der Waals surface area contributed by atoms with Crippen molar-refractivity contribution in [3.8, 4) is 0 Å². The van der Waals surface area contributed by atoms with Crippen LogP contribution in [0.15, 0.2) is 5.11 Å². The first-order valence-electron chi connectivity index (χ1n) is 4.68.